The Labute approximate surface area is 147 Å². The van der Waals surface area contributed by atoms with E-state index in [1.165, 1.54) is 0 Å². The average Bonchev–Trinajstić information content (AvgIpc) is 2.50. The number of nitrogens with one attached hydrogen (secondary N) is 1. The minimum atomic E-state index is -1.46. The fourth-order valence-electron chi connectivity index (χ4n) is 1.02. The summed E-state index contributed by atoms with van der Waals surface area (Å²) in [7, 11) is 0. The van der Waals surface area contributed by atoms with Crippen molar-refractivity contribution in [2.75, 3.05) is 19.3 Å². The third-order valence-electron chi connectivity index (χ3n) is 2.26. The second-order valence-electron chi connectivity index (χ2n) is 4.66. The van der Waals surface area contributed by atoms with E-state index in [4.69, 9.17) is 5.11 Å². The zero-order valence-electron chi connectivity index (χ0n) is 13.8. The molecule has 2 N–H and O–H groups in total. The van der Waals surface area contributed by atoms with Crippen molar-refractivity contribution in [1.29, 1.82) is 0 Å². The fraction of sp³-hybridized carbons (Fsp3) is 0.615. The molecule has 0 rings (SSSR count). The Morgan fingerprint density at radius 2 is 1.60 bits per heavy atom. The van der Waals surface area contributed by atoms with Crippen LogP contribution in [-0.2, 0) is 33.3 Å². The molecule has 0 aliphatic heterocycles. The molecule has 0 aliphatic rings. The van der Waals surface area contributed by atoms with Crippen molar-refractivity contribution in [3.05, 3.63) is 0 Å². The molecular formula is C13H19NO10S. The first-order chi connectivity index (χ1) is 11.6. The van der Waals surface area contributed by atoms with Gasteiger partial charge in [0.2, 0.25) is 13.6 Å². The zero-order chi connectivity index (χ0) is 19.4. The Balaban J connectivity index is 4.16. The molecule has 0 saturated carbocycles. The number of hydrogen-bond acceptors (Lipinski definition) is 10. The standard InChI is InChI=1S/C13H19NO10S/c1-7(2)11(18)22-6-24-13(20)25-4-9(10(16)17)14-12(19)23-5-21-8(3)15/h7,9H,4-6H2,1-3H3,(H,14,19)(H,16,17)/t9-/m0/s1. The van der Waals surface area contributed by atoms with Gasteiger partial charge in [0.15, 0.2) is 0 Å². The van der Waals surface area contributed by atoms with Crippen molar-refractivity contribution < 1.29 is 48.0 Å². The summed E-state index contributed by atoms with van der Waals surface area (Å²) in [6.07, 6.45) is -1.14. The van der Waals surface area contributed by atoms with Gasteiger partial charge < -0.3 is 29.4 Å². The molecule has 11 nitrogen and oxygen atoms in total. The monoisotopic (exact) mass is 381 g/mol. The number of esters is 2. The van der Waals surface area contributed by atoms with Crippen LogP contribution in [0.2, 0.25) is 0 Å². The van der Waals surface area contributed by atoms with Gasteiger partial charge in [-0.15, -0.1) is 0 Å². The highest BCUT2D eigenvalue weighted by molar-refractivity contribution is 8.13. The normalized spacial score (nSPS) is 11.2. The number of thioether (sulfide) groups is 1. The molecular weight excluding hydrogens is 362 g/mol. The number of ether oxygens (including phenoxy) is 4. The molecule has 0 radical (unpaired) electrons. The van der Waals surface area contributed by atoms with Crippen LogP contribution in [0.3, 0.4) is 0 Å². The van der Waals surface area contributed by atoms with Crippen molar-refractivity contribution in [2.45, 2.75) is 26.8 Å². The molecule has 0 spiro atoms. The Morgan fingerprint density at radius 1 is 1.00 bits per heavy atom. The summed E-state index contributed by atoms with van der Waals surface area (Å²) >= 11 is 0.455. The van der Waals surface area contributed by atoms with Gasteiger partial charge in [-0.1, -0.05) is 13.8 Å². The predicted octanol–water partition coefficient (Wildman–Crippen LogP) is 0.713. The van der Waals surface area contributed by atoms with E-state index in [1.54, 1.807) is 13.8 Å². The van der Waals surface area contributed by atoms with E-state index in [0.29, 0.717) is 11.8 Å². The van der Waals surface area contributed by atoms with Gasteiger partial charge in [-0.05, 0) is 11.8 Å². The molecule has 0 aliphatic carbocycles. The number of carbonyl (C=O) groups excluding carboxylic acids is 4. The van der Waals surface area contributed by atoms with Gasteiger partial charge in [0.1, 0.15) is 6.04 Å². The molecule has 0 saturated heterocycles. The average molecular weight is 381 g/mol. The fourth-order valence-corrected chi connectivity index (χ4v) is 1.68. The number of aliphatic carboxylic acids is 1. The highest BCUT2D eigenvalue weighted by Crippen LogP contribution is 2.08. The lowest BCUT2D eigenvalue weighted by atomic mass is 10.2. The van der Waals surface area contributed by atoms with Crippen LogP contribution in [0.15, 0.2) is 0 Å². The number of hydrogen-bond donors (Lipinski definition) is 2. The maximum Gasteiger partial charge on any atom is 0.410 e. The van der Waals surface area contributed by atoms with Gasteiger partial charge in [0.05, 0.1) is 5.92 Å². The van der Waals surface area contributed by atoms with E-state index in [2.05, 4.69) is 18.9 Å². The Bertz CT molecular complexity index is 507. The van der Waals surface area contributed by atoms with E-state index in [1.807, 2.05) is 5.32 Å². The van der Waals surface area contributed by atoms with Crippen LogP contribution >= 0.6 is 11.8 Å². The van der Waals surface area contributed by atoms with Crippen molar-refractivity contribution in [3.63, 3.8) is 0 Å². The van der Waals surface area contributed by atoms with Crippen molar-refractivity contribution in [1.82, 2.24) is 5.32 Å². The maximum atomic E-state index is 11.4. The Kier molecular flexibility index (Phi) is 10.8. The summed E-state index contributed by atoms with van der Waals surface area (Å²) in [4.78, 5) is 55.4. The van der Waals surface area contributed by atoms with E-state index in [0.717, 1.165) is 6.92 Å². The lowest BCUT2D eigenvalue weighted by Crippen LogP contribution is -2.43. The molecule has 0 aromatic rings. The van der Waals surface area contributed by atoms with Crippen LogP contribution in [0.4, 0.5) is 9.59 Å². The summed E-state index contributed by atoms with van der Waals surface area (Å²) < 4.78 is 17.9. The molecule has 0 unspecified atom stereocenters. The first-order valence-electron chi connectivity index (χ1n) is 6.89. The zero-order valence-corrected chi connectivity index (χ0v) is 14.6. The highest BCUT2D eigenvalue weighted by Gasteiger charge is 2.23. The molecule has 0 aromatic carbocycles. The molecule has 142 valence electrons. The van der Waals surface area contributed by atoms with Crippen LogP contribution in [0, 0.1) is 5.92 Å². The molecule has 1 amide bonds. The van der Waals surface area contributed by atoms with Crippen molar-refractivity contribution in [2.24, 2.45) is 5.92 Å². The molecule has 0 heterocycles. The molecule has 1 atom stereocenters. The van der Waals surface area contributed by atoms with E-state index >= 15 is 0 Å². The van der Waals surface area contributed by atoms with Crippen LogP contribution in [-0.4, -0.2) is 59.8 Å². The Morgan fingerprint density at radius 3 is 2.12 bits per heavy atom. The highest BCUT2D eigenvalue weighted by atomic mass is 32.2. The number of carboxylic acid groups (broad SMARTS) is 1. The third kappa shape index (κ3) is 11.6. The minimum Gasteiger partial charge on any atom is -0.480 e. The second kappa shape index (κ2) is 11.9. The smallest absolute Gasteiger partial charge is 0.410 e. The minimum absolute atomic E-state index is 0.366. The number of alkyl carbamates (subject to hydrolysis) is 1. The van der Waals surface area contributed by atoms with Crippen LogP contribution in [0.5, 0.6) is 0 Å². The molecule has 25 heavy (non-hydrogen) atoms. The second-order valence-corrected chi connectivity index (χ2v) is 5.62. The largest absolute Gasteiger partial charge is 0.480 e. The van der Waals surface area contributed by atoms with Crippen LogP contribution in [0.25, 0.3) is 0 Å². The summed E-state index contributed by atoms with van der Waals surface area (Å²) in [5.41, 5.74) is 0. The van der Waals surface area contributed by atoms with Gasteiger partial charge >= 0.3 is 29.3 Å². The summed E-state index contributed by atoms with van der Waals surface area (Å²) in [6, 6.07) is -1.46. The van der Waals surface area contributed by atoms with Gasteiger partial charge in [-0.2, -0.15) is 0 Å². The third-order valence-corrected chi connectivity index (χ3v) is 3.11. The number of rotatable bonds is 9. The maximum absolute atomic E-state index is 11.4. The van der Waals surface area contributed by atoms with Crippen LogP contribution in [0.1, 0.15) is 20.8 Å². The van der Waals surface area contributed by atoms with Crippen LogP contribution < -0.4 is 5.32 Å². The quantitative estimate of drug-likeness (QED) is 0.428. The first kappa shape index (κ1) is 22.5. The van der Waals surface area contributed by atoms with E-state index in [-0.39, 0.29) is 11.7 Å². The summed E-state index contributed by atoms with van der Waals surface area (Å²) in [5.74, 6) is -3.41. The lowest BCUT2D eigenvalue weighted by molar-refractivity contribution is -0.155. The van der Waals surface area contributed by atoms with E-state index in [9.17, 15) is 24.0 Å². The van der Waals surface area contributed by atoms with Gasteiger partial charge in [0, 0.05) is 12.7 Å². The van der Waals surface area contributed by atoms with E-state index < -0.39 is 48.9 Å². The number of carbonyl (C=O) groups is 5. The molecule has 0 bridgehead atoms. The predicted molar refractivity (Wildman–Crippen MR) is 82.4 cm³/mol. The Hall–Kier alpha value is -2.50. The summed E-state index contributed by atoms with van der Waals surface area (Å²) in [6.45, 7) is 3.02. The molecule has 0 aromatic heterocycles. The van der Waals surface area contributed by atoms with Crippen molar-refractivity contribution >= 4 is 41.1 Å². The lowest BCUT2D eigenvalue weighted by Gasteiger charge is -2.13. The number of carboxylic acids is 1. The molecule has 12 heteroatoms. The number of amides is 1. The topological polar surface area (TPSA) is 155 Å². The first-order valence-corrected chi connectivity index (χ1v) is 7.87. The van der Waals surface area contributed by atoms with Gasteiger partial charge in [0.25, 0.3) is 0 Å². The molecule has 0 fully saturated rings. The van der Waals surface area contributed by atoms with Gasteiger partial charge in [-0.25, -0.2) is 14.4 Å². The van der Waals surface area contributed by atoms with Crippen molar-refractivity contribution in [3.8, 4) is 0 Å². The van der Waals surface area contributed by atoms with Gasteiger partial charge in [-0.3, -0.25) is 9.59 Å². The summed E-state index contributed by atoms with van der Waals surface area (Å²) in [5, 5.41) is 10.0. The SMILES string of the molecule is CC(=O)OCOC(=O)N[C@@H](CSC(=O)OCOC(=O)C(C)C)C(=O)O.